The van der Waals surface area contributed by atoms with Crippen molar-refractivity contribution in [3.05, 3.63) is 39.4 Å². The summed E-state index contributed by atoms with van der Waals surface area (Å²) in [6.45, 7) is -1.40. The van der Waals surface area contributed by atoms with Crippen LogP contribution in [-0.4, -0.2) is 4.92 Å². The summed E-state index contributed by atoms with van der Waals surface area (Å²) in [7, 11) is 0. The molecule has 0 radical (unpaired) electrons. The normalized spacial score (nSPS) is 10.1. The van der Waals surface area contributed by atoms with Crippen molar-refractivity contribution in [1.29, 1.82) is 0 Å². The van der Waals surface area contributed by atoms with E-state index in [1.807, 2.05) is 0 Å². The van der Waals surface area contributed by atoms with Crippen LogP contribution < -0.4 is 0 Å². The van der Waals surface area contributed by atoms with E-state index in [1.54, 1.807) is 0 Å². The van der Waals surface area contributed by atoms with Gasteiger partial charge in [-0.2, -0.15) is 4.39 Å². The Morgan fingerprint density at radius 3 is 2.23 bits per heavy atom. The topological polar surface area (TPSA) is 43.1 Å². The quantitative estimate of drug-likeness (QED) is 0.531. The first-order valence-electron chi connectivity index (χ1n) is 3.25. The van der Waals surface area contributed by atoms with E-state index >= 15 is 0 Å². The lowest BCUT2D eigenvalue weighted by Crippen LogP contribution is -2.00. The zero-order valence-electron chi connectivity index (χ0n) is 6.26. The van der Waals surface area contributed by atoms with E-state index in [-0.39, 0.29) is 0 Å². The zero-order chi connectivity index (χ0) is 10.0. The summed E-state index contributed by atoms with van der Waals surface area (Å²) in [5.41, 5.74) is -1.99. The smallest absolute Gasteiger partial charge is 0.258 e. The Bertz CT molecular complexity index is 354. The molecule has 0 unspecified atom stereocenters. The van der Waals surface area contributed by atoms with Crippen molar-refractivity contribution >= 4 is 5.69 Å². The van der Waals surface area contributed by atoms with Crippen molar-refractivity contribution < 1.29 is 18.1 Å². The van der Waals surface area contributed by atoms with Crippen LogP contribution in [0.3, 0.4) is 0 Å². The largest absolute Gasteiger partial charge is 0.313 e. The molecule has 6 heteroatoms. The van der Waals surface area contributed by atoms with Gasteiger partial charge in [-0.25, -0.2) is 8.78 Å². The summed E-state index contributed by atoms with van der Waals surface area (Å²) in [6, 6.07) is 1.24. The highest BCUT2D eigenvalue weighted by Gasteiger charge is 2.23. The molecular weight excluding hydrogens is 187 g/mol. The second-order valence-corrected chi connectivity index (χ2v) is 2.25. The maximum Gasteiger partial charge on any atom is 0.313 e. The highest BCUT2D eigenvalue weighted by atomic mass is 19.1. The van der Waals surface area contributed by atoms with Gasteiger partial charge < -0.3 is 0 Å². The summed E-state index contributed by atoms with van der Waals surface area (Å²) < 4.78 is 37.4. The fourth-order valence-corrected chi connectivity index (χ4v) is 0.908. The number of nitro benzene ring substituents is 1. The molecule has 0 saturated carbocycles. The van der Waals surface area contributed by atoms with E-state index in [9.17, 15) is 23.3 Å². The number of nitrogens with zero attached hydrogens (tertiary/aromatic N) is 1. The first-order valence-corrected chi connectivity index (χ1v) is 3.25. The van der Waals surface area contributed by atoms with Gasteiger partial charge in [0.1, 0.15) is 12.5 Å². The predicted molar refractivity (Wildman–Crippen MR) is 37.8 cm³/mol. The summed E-state index contributed by atoms with van der Waals surface area (Å²) in [6.07, 6.45) is 0. The molecular formula is C7H4F3NO2. The molecule has 70 valence electrons. The van der Waals surface area contributed by atoms with Gasteiger partial charge in [0.05, 0.1) is 10.5 Å². The van der Waals surface area contributed by atoms with Crippen LogP contribution in [0.4, 0.5) is 18.9 Å². The maximum absolute atomic E-state index is 12.7. The van der Waals surface area contributed by atoms with Gasteiger partial charge in [-0.3, -0.25) is 10.1 Å². The van der Waals surface area contributed by atoms with Crippen LogP contribution in [0.25, 0.3) is 0 Å². The minimum absolute atomic E-state index is 0.590. The van der Waals surface area contributed by atoms with Crippen LogP contribution >= 0.6 is 0 Å². The minimum atomic E-state index is -1.40. The molecule has 0 aliphatic rings. The van der Waals surface area contributed by atoms with Gasteiger partial charge in [-0.05, 0) is 12.1 Å². The lowest BCUT2D eigenvalue weighted by Gasteiger charge is -2.00. The Kier molecular flexibility index (Phi) is 2.50. The molecule has 0 atom stereocenters. The van der Waals surface area contributed by atoms with Crippen molar-refractivity contribution in [1.82, 2.24) is 0 Å². The summed E-state index contributed by atoms with van der Waals surface area (Å²) in [5, 5.41) is 10.2. The molecule has 1 rings (SSSR count). The summed E-state index contributed by atoms with van der Waals surface area (Å²) >= 11 is 0. The minimum Gasteiger partial charge on any atom is -0.258 e. The number of hydrogen-bond acceptors (Lipinski definition) is 2. The van der Waals surface area contributed by atoms with Crippen molar-refractivity contribution in [3.8, 4) is 0 Å². The number of benzene rings is 1. The standard InChI is InChI=1S/C7H4F3NO2/c8-3-4-5(9)1-2-6(10)7(4)11(12)13/h1-2H,3H2. The zero-order valence-corrected chi connectivity index (χ0v) is 6.26. The number of alkyl halides is 1. The Balaban J connectivity index is 3.43. The Labute approximate surface area is 70.9 Å². The van der Waals surface area contributed by atoms with Crippen molar-refractivity contribution in [3.63, 3.8) is 0 Å². The third-order valence-corrected chi connectivity index (χ3v) is 1.49. The first-order chi connectivity index (χ1) is 6.07. The third-order valence-electron chi connectivity index (χ3n) is 1.49. The monoisotopic (exact) mass is 191 g/mol. The van der Waals surface area contributed by atoms with Crippen LogP contribution in [0.5, 0.6) is 0 Å². The van der Waals surface area contributed by atoms with Gasteiger partial charge in [0.2, 0.25) is 5.82 Å². The van der Waals surface area contributed by atoms with Gasteiger partial charge in [0.15, 0.2) is 0 Å². The molecule has 0 N–H and O–H groups in total. The van der Waals surface area contributed by atoms with Crippen LogP contribution in [0, 0.1) is 21.7 Å². The molecule has 0 heterocycles. The van der Waals surface area contributed by atoms with E-state index in [4.69, 9.17) is 0 Å². The van der Waals surface area contributed by atoms with Crippen LogP contribution in [-0.2, 0) is 6.67 Å². The number of rotatable bonds is 2. The number of halogens is 3. The van der Waals surface area contributed by atoms with E-state index < -0.39 is 34.5 Å². The molecule has 0 aliphatic carbocycles. The van der Waals surface area contributed by atoms with Gasteiger partial charge in [-0.1, -0.05) is 0 Å². The first kappa shape index (κ1) is 9.50. The molecule has 0 amide bonds. The van der Waals surface area contributed by atoms with E-state index in [1.165, 1.54) is 0 Å². The van der Waals surface area contributed by atoms with Crippen LogP contribution in [0.1, 0.15) is 5.56 Å². The van der Waals surface area contributed by atoms with Crippen molar-refractivity contribution in [2.45, 2.75) is 6.67 Å². The lowest BCUT2D eigenvalue weighted by atomic mass is 10.2. The highest BCUT2D eigenvalue weighted by Crippen LogP contribution is 2.25. The van der Waals surface area contributed by atoms with Crippen molar-refractivity contribution in [2.24, 2.45) is 0 Å². The van der Waals surface area contributed by atoms with Crippen LogP contribution in [0.2, 0.25) is 0 Å². The van der Waals surface area contributed by atoms with Gasteiger partial charge in [-0.15, -0.1) is 0 Å². The van der Waals surface area contributed by atoms with E-state index in [2.05, 4.69) is 0 Å². The lowest BCUT2D eigenvalue weighted by molar-refractivity contribution is -0.388. The molecule has 0 bridgehead atoms. The highest BCUT2D eigenvalue weighted by molar-refractivity contribution is 5.41. The molecule has 0 fully saturated rings. The third kappa shape index (κ3) is 1.61. The number of hydrogen-bond donors (Lipinski definition) is 0. The average molecular weight is 191 g/mol. The second-order valence-electron chi connectivity index (χ2n) is 2.25. The Morgan fingerprint density at radius 1 is 1.31 bits per heavy atom. The predicted octanol–water partition coefficient (Wildman–Crippen LogP) is 2.34. The van der Waals surface area contributed by atoms with Gasteiger partial charge in [0, 0.05) is 0 Å². The molecule has 0 spiro atoms. The Hall–Kier alpha value is -1.59. The fourth-order valence-electron chi connectivity index (χ4n) is 0.908. The molecule has 1 aromatic rings. The second kappa shape index (κ2) is 3.42. The molecule has 0 aromatic heterocycles. The van der Waals surface area contributed by atoms with Gasteiger partial charge in [0.25, 0.3) is 0 Å². The van der Waals surface area contributed by atoms with Crippen molar-refractivity contribution in [2.75, 3.05) is 0 Å². The maximum atomic E-state index is 12.7. The fraction of sp³-hybridized carbons (Fsp3) is 0.143. The SMILES string of the molecule is O=[N+]([O-])c1c(F)ccc(F)c1CF. The summed E-state index contributed by atoms with van der Waals surface area (Å²) in [4.78, 5) is 9.04. The Morgan fingerprint density at radius 2 is 1.85 bits per heavy atom. The molecule has 1 aromatic carbocycles. The molecule has 13 heavy (non-hydrogen) atoms. The van der Waals surface area contributed by atoms with E-state index in [0.717, 1.165) is 0 Å². The average Bonchev–Trinajstić information content (AvgIpc) is 2.07. The molecule has 3 nitrogen and oxygen atoms in total. The van der Waals surface area contributed by atoms with E-state index in [0.29, 0.717) is 12.1 Å². The van der Waals surface area contributed by atoms with Crippen LogP contribution in [0.15, 0.2) is 12.1 Å². The van der Waals surface area contributed by atoms with Gasteiger partial charge >= 0.3 is 5.69 Å². The molecule has 0 aliphatic heterocycles. The number of nitro groups is 1. The molecule has 0 saturated heterocycles. The summed E-state index contributed by atoms with van der Waals surface area (Å²) in [5.74, 6) is -2.35.